The highest BCUT2D eigenvalue weighted by Gasteiger charge is 2.19. The van der Waals surface area contributed by atoms with Crippen LogP contribution >= 0.6 is 0 Å². The van der Waals surface area contributed by atoms with Crippen LogP contribution in [0.5, 0.6) is 0 Å². The van der Waals surface area contributed by atoms with Crippen LogP contribution in [0.4, 0.5) is 0 Å². The van der Waals surface area contributed by atoms with Crippen LogP contribution in [0, 0.1) is 0 Å². The zero-order chi connectivity index (χ0) is 47.2. The Kier molecular flexibility index (Phi) is 52.7. The average Bonchev–Trinajstić information content (AvgIpc) is 3.30. The van der Waals surface area contributed by atoms with E-state index in [9.17, 15) is 14.4 Å². The number of unbranched alkanes of at least 4 members (excludes halogenated alkanes) is 38. The molecule has 0 heterocycles. The molecule has 6 heteroatoms. The summed E-state index contributed by atoms with van der Waals surface area (Å²) < 4.78 is 16.8. The van der Waals surface area contributed by atoms with Crippen molar-refractivity contribution in [2.24, 2.45) is 0 Å². The summed E-state index contributed by atoms with van der Waals surface area (Å²) in [6.07, 6.45) is 63.5. The molecular weight excluding hydrogens is 805 g/mol. The Morgan fingerprint density at radius 1 is 0.308 bits per heavy atom. The van der Waals surface area contributed by atoms with E-state index in [1.165, 1.54) is 212 Å². The molecule has 0 spiro atoms. The Balaban J connectivity index is 4.06. The van der Waals surface area contributed by atoms with Gasteiger partial charge in [-0.05, 0) is 51.4 Å². The molecule has 0 aromatic heterocycles. The van der Waals surface area contributed by atoms with Gasteiger partial charge in [0.1, 0.15) is 13.2 Å². The van der Waals surface area contributed by atoms with Gasteiger partial charge in [-0.1, -0.05) is 270 Å². The molecule has 0 aliphatic rings. The number of carbonyl (C=O) groups is 3. The first kappa shape index (κ1) is 62.9. The summed E-state index contributed by atoms with van der Waals surface area (Å²) in [5.74, 6) is -0.859. The monoisotopic (exact) mass is 915 g/mol. The molecule has 0 fully saturated rings. The SMILES string of the molecule is CCCCCCC/C=C\C/C=C\CCCCCCCCCCCCCCCC(=O)OCC(COC(=O)CCCCCCCC)OC(=O)CCCCCCCCCCCCCCCCCC. The zero-order valence-corrected chi connectivity index (χ0v) is 43.8. The van der Waals surface area contributed by atoms with Gasteiger partial charge in [0.15, 0.2) is 6.10 Å². The Bertz CT molecular complexity index is 1050. The van der Waals surface area contributed by atoms with Crippen LogP contribution in [0.2, 0.25) is 0 Å². The molecule has 0 saturated heterocycles. The molecule has 0 rings (SSSR count). The standard InChI is InChI=1S/C59H110O6/c1-4-7-10-13-16-18-20-22-24-26-27-28-29-30-31-32-33-34-36-37-39-41-43-46-49-52-58(61)64-55-56(54-63-57(60)51-48-45-15-12-9-6-3)65-59(62)53-50-47-44-42-40-38-35-25-23-21-19-17-14-11-8-5-2/h20,22,26-27,56H,4-19,21,23-25,28-55H2,1-3H3/b22-20-,27-26-. The molecule has 0 amide bonds. The third-order valence-electron chi connectivity index (χ3n) is 13.0. The lowest BCUT2D eigenvalue weighted by atomic mass is 10.0. The zero-order valence-electron chi connectivity index (χ0n) is 43.8. The van der Waals surface area contributed by atoms with Crippen LogP contribution in [0.3, 0.4) is 0 Å². The van der Waals surface area contributed by atoms with Crippen molar-refractivity contribution in [2.45, 2.75) is 322 Å². The maximum atomic E-state index is 12.8. The van der Waals surface area contributed by atoms with Crippen molar-refractivity contribution in [3.63, 3.8) is 0 Å². The van der Waals surface area contributed by atoms with E-state index in [4.69, 9.17) is 14.2 Å². The van der Waals surface area contributed by atoms with E-state index < -0.39 is 6.10 Å². The maximum Gasteiger partial charge on any atom is 0.306 e. The molecule has 0 aliphatic heterocycles. The quantitative estimate of drug-likeness (QED) is 0.0262. The van der Waals surface area contributed by atoms with Crippen LogP contribution in [0.1, 0.15) is 316 Å². The van der Waals surface area contributed by atoms with Crippen LogP contribution in [0.15, 0.2) is 24.3 Å². The van der Waals surface area contributed by atoms with E-state index in [2.05, 4.69) is 45.1 Å². The van der Waals surface area contributed by atoms with Gasteiger partial charge in [-0.3, -0.25) is 14.4 Å². The minimum Gasteiger partial charge on any atom is -0.462 e. The van der Waals surface area contributed by atoms with Gasteiger partial charge >= 0.3 is 17.9 Å². The summed E-state index contributed by atoms with van der Waals surface area (Å²) >= 11 is 0. The first-order valence-electron chi connectivity index (χ1n) is 28.8. The van der Waals surface area contributed by atoms with Gasteiger partial charge in [0.05, 0.1) is 0 Å². The second-order valence-electron chi connectivity index (χ2n) is 19.6. The fraction of sp³-hybridized carbons (Fsp3) is 0.881. The molecule has 0 aliphatic carbocycles. The minimum atomic E-state index is -0.763. The molecule has 1 unspecified atom stereocenters. The maximum absolute atomic E-state index is 12.8. The molecule has 6 nitrogen and oxygen atoms in total. The minimum absolute atomic E-state index is 0.0668. The first-order valence-corrected chi connectivity index (χ1v) is 28.8. The molecule has 0 bridgehead atoms. The van der Waals surface area contributed by atoms with Gasteiger partial charge in [0.25, 0.3) is 0 Å². The first-order chi connectivity index (χ1) is 32.0. The number of allylic oxidation sites excluding steroid dienone is 4. The lowest BCUT2D eigenvalue weighted by Gasteiger charge is -2.18. The van der Waals surface area contributed by atoms with E-state index in [0.29, 0.717) is 19.3 Å². The fourth-order valence-electron chi connectivity index (χ4n) is 8.59. The smallest absolute Gasteiger partial charge is 0.306 e. The van der Waals surface area contributed by atoms with Gasteiger partial charge in [0, 0.05) is 19.3 Å². The molecule has 0 aromatic carbocycles. The highest BCUT2D eigenvalue weighted by atomic mass is 16.6. The molecule has 0 N–H and O–H groups in total. The largest absolute Gasteiger partial charge is 0.462 e. The highest BCUT2D eigenvalue weighted by molar-refractivity contribution is 5.71. The second-order valence-corrected chi connectivity index (χ2v) is 19.6. The number of rotatable bonds is 53. The van der Waals surface area contributed by atoms with Gasteiger partial charge in [-0.25, -0.2) is 0 Å². The molecule has 0 saturated carbocycles. The van der Waals surface area contributed by atoms with Crippen LogP contribution < -0.4 is 0 Å². The summed E-state index contributed by atoms with van der Waals surface area (Å²) in [5.41, 5.74) is 0. The van der Waals surface area contributed by atoms with Crippen molar-refractivity contribution in [3.05, 3.63) is 24.3 Å². The Morgan fingerprint density at radius 2 is 0.554 bits per heavy atom. The molecule has 0 aromatic rings. The normalized spacial score (nSPS) is 12.1. The lowest BCUT2D eigenvalue weighted by Crippen LogP contribution is -2.30. The molecule has 382 valence electrons. The summed E-state index contributed by atoms with van der Waals surface area (Å²) in [5, 5.41) is 0. The molecular formula is C59H110O6. The number of esters is 3. The van der Waals surface area contributed by atoms with Crippen molar-refractivity contribution < 1.29 is 28.6 Å². The van der Waals surface area contributed by atoms with Crippen molar-refractivity contribution >= 4 is 17.9 Å². The van der Waals surface area contributed by atoms with Crippen LogP contribution in [-0.2, 0) is 28.6 Å². The predicted molar refractivity (Wildman–Crippen MR) is 279 cm³/mol. The Morgan fingerprint density at radius 3 is 0.846 bits per heavy atom. The third kappa shape index (κ3) is 52.7. The fourth-order valence-corrected chi connectivity index (χ4v) is 8.59. The predicted octanol–water partition coefficient (Wildman–Crippen LogP) is 19.1. The van der Waals surface area contributed by atoms with Gasteiger partial charge in [-0.2, -0.15) is 0 Å². The van der Waals surface area contributed by atoms with E-state index in [-0.39, 0.29) is 31.1 Å². The van der Waals surface area contributed by atoms with Crippen LogP contribution in [-0.4, -0.2) is 37.2 Å². The summed E-state index contributed by atoms with van der Waals surface area (Å²) in [6, 6.07) is 0. The summed E-state index contributed by atoms with van der Waals surface area (Å²) in [6.45, 7) is 6.61. The van der Waals surface area contributed by atoms with Crippen molar-refractivity contribution in [1.82, 2.24) is 0 Å². The van der Waals surface area contributed by atoms with Gasteiger partial charge < -0.3 is 14.2 Å². The number of hydrogen-bond acceptors (Lipinski definition) is 6. The van der Waals surface area contributed by atoms with Crippen molar-refractivity contribution in [1.29, 1.82) is 0 Å². The molecule has 0 radical (unpaired) electrons. The summed E-state index contributed by atoms with van der Waals surface area (Å²) in [7, 11) is 0. The molecule has 1 atom stereocenters. The number of hydrogen-bond donors (Lipinski definition) is 0. The van der Waals surface area contributed by atoms with Crippen molar-refractivity contribution in [3.8, 4) is 0 Å². The second kappa shape index (κ2) is 54.5. The van der Waals surface area contributed by atoms with Crippen LogP contribution in [0.25, 0.3) is 0 Å². The van der Waals surface area contributed by atoms with E-state index in [1.54, 1.807) is 0 Å². The third-order valence-corrected chi connectivity index (χ3v) is 13.0. The van der Waals surface area contributed by atoms with Crippen molar-refractivity contribution in [2.75, 3.05) is 13.2 Å². The average molecular weight is 916 g/mol. The topological polar surface area (TPSA) is 78.9 Å². The highest BCUT2D eigenvalue weighted by Crippen LogP contribution is 2.17. The molecule has 65 heavy (non-hydrogen) atoms. The van der Waals surface area contributed by atoms with Gasteiger partial charge in [-0.15, -0.1) is 0 Å². The number of carbonyl (C=O) groups excluding carboxylic acids is 3. The van der Waals surface area contributed by atoms with Gasteiger partial charge in [0.2, 0.25) is 0 Å². The van der Waals surface area contributed by atoms with E-state index in [0.717, 1.165) is 64.2 Å². The number of ether oxygens (including phenoxy) is 3. The Hall–Kier alpha value is -2.11. The summed E-state index contributed by atoms with van der Waals surface area (Å²) in [4.78, 5) is 37.8. The lowest BCUT2D eigenvalue weighted by molar-refractivity contribution is -0.167. The van der Waals surface area contributed by atoms with E-state index in [1.807, 2.05) is 0 Å². The van der Waals surface area contributed by atoms with E-state index >= 15 is 0 Å². The Labute approximate surface area is 404 Å².